The summed E-state index contributed by atoms with van der Waals surface area (Å²) in [6.45, 7) is 5.07. The molecule has 4 amide bonds. The molecule has 2 bridgehead atoms. The number of likely N-dealkylation sites (tertiary alicyclic amines) is 1. The Morgan fingerprint density at radius 2 is 1.71 bits per heavy atom. The molecule has 0 radical (unpaired) electrons. The van der Waals surface area contributed by atoms with Crippen molar-refractivity contribution in [2.75, 3.05) is 65.6 Å². The number of hydrogen-bond donors (Lipinski definition) is 1. The Balaban J connectivity index is 1.32. The SMILES string of the molecule is O=C(C[C@@H]1CCN2C[C@@H]1CCCOc1ccccc1CN(C(=O)N1CCOCC1)CC2=O)N1CC[C@@H](O)C1. The zero-order chi connectivity index (χ0) is 26.5. The number of ether oxygens (including phenoxy) is 2. The van der Waals surface area contributed by atoms with Crippen LogP contribution in [0.4, 0.5) is 4.79 Å². The highest BCUT2D eigenvalue weighted by molar-refractivity contribution is 5.84. The summed E-state index contributed by atoms with van der Waals surface area (Å²) in [7, 11) is 0. The summed E-state index contributed by atoms with van der Waals surface area (Å²) in [6, 6.07) is 7.57. The molecule has 0 aromatic heterocycles. The predicted molar refractivity (Wildman–Crippen MR) is 139 cm³/mol. The minimum absolute atomic E-state index is 0.00646. The molecule has 5 rings (SSSR count). The third kappa shape index (κ3) is 6.40. The molecule has 0 saturated carbocycles. The Bertz CT molecular complexity index is 999. The van der Waals surface area contributed by atoms with Gasteiger partial charge >= 0.3 is 6.03 Å². The van der Waals surface area contributed by atoms with Gasteiger partial charge in [-0.05, 0) is 43.6 Å². The molecule has 10 heteroatoms. The van der Waals surface area contributed by atoms with Crippen LogP contribution in [0.15, 0.2) is 24.3 Å². The van der Waals surface area contributed by atoms with E-state index in [-0.39, 0.29) is 36.2 Å². The highest BCUT2D eigenvalue weighted by atomic mass is 16.5. The zero-order valence-electron chi connectivity index (χ0n) is 22.1. The maximum absolute atomic E-state index is 13.6. The standard InChI is InChI=1S/C28H40N4O6/c33-24-8-10-31(19-24)26(34)16-21-7-9-30-17-22(21)5-3-13-38-25-6-2-1-4-23(25)18-32(20-27(30)35)28(36)29-11-14-37-15-12-29/h1-2,4,6,21-22,24,33H,3,5,7-20H2/t21-,22-,24+/m0/s1. The molecule has 0 unspecified atom stereocenters. The fourth-order valence-electron chi connectivity index (χ4n) is 6.14. The molecule has 208 valence electrons. The number of urea groups is 1. The molecule has 4 heterocycles. The van der Waals surface area contributed by atoms with Crippen LogP contribution in [0.2, 0.25) is 0 Å². The molecule has 10 nitrogen and oxygen atoms in total. The van der Waals surface area contributed by atoms with Gasteiger partial charge in [-0.2, -0.15) is 0 Å². The minimum Gasteiger partial charge on any atom is -0.493 e. The van der Waals surface area contributed by atoms with Crippen LogP contribution in [-0.4, -0.2) is 114 Å². The number of benzene rings is 1. The lowest BCUT2D eigenvalue weighted by Gasteiger charge is -2.40. The molecule has 0 aliphatic carbocycles. The van der Waals surface area contributed by atoms with Gasteiger partial charge in [0.25, 0.3) is 0 Å². The second-order valence-electron chi connectivity index (χ2n) is 11.0. The van der Waals surface area contributed by atoms with Crippen LogP contribution in [0.3, 0.4) is 0 Å². The number of aliphatic hydroxyl groups is 1. The molecular weight excluding hydrogens is 488 g/mol. The van der Waals surface area contributed by atoms with Crippen LogP contribution in [0.25, 0.3) is 0 Å². The fraction of sp³-hybridized carbons (Fsp3) is 0.679. The van der Waals surface area contributed by atoms with E-state index < -0.39 is 6.10 Å². The summed E-state index contributed by atoms with van der Waals surface area (Å²) < 4.78 is 11.6. The first-order valence-electron chi connectivity index (χ1n) is 14.0. The first-order valence-corrected chi connectivity index (χ1v) is 14.0. The van der Waals surface area contributed by atoms with Crippen molar-refractivity contribution >= 4 is 17.8 Å². The number of aliphatic hydroxyl groups excluding tert-OH is 1. The smallest absolute Gasteiger partial charge is 0.320 e. The second-order valence-corrected chi connectivity index (χ2v) is 11.0. The van der Waals surface area contributed by atoms with Crippen LogP contribution in [0.1, 0.15) is 37.7 Å². The topological polar surface area (TPSA) is 103 Å². The number of carbonyl (C=O) groups is 3. The maximum Gasteiger partial charge on any atom is 0.320 e. The van der Waals surface area contributed by atoms with Gasteiger partial charge in [-0.1, -0.05) is 18.2 Å². The monoisotopic (exact) mass is 528 g/mol. The summed E-state index contributed by atoms with van der Waals surface area (Å²) >= 11 is 0. The lowest BCUT2D eigenvalue weighted by Crippen LogP contribution is -2.52. The van der Waals surface area contributed by atoms with E-state index in [2.05, 4.69) is 0 Å². The molecule has 1 N–H and O–H groups in total. The van der Waals surface area contributed by atoms with Crippen molar-refractivity contribution in [2.45, 2.75) is 44.8 Å². The van der Waals surface area contributed by atoms with E-state index in [4.69, 9.17) is 9.47 Å². The maximum atomic E-state index is 13.6. The van der Waals surface area contributed by atoms with Crippen molar-refractivity contribution in [1.82, 2.24) is 19.6 Å². The molecule has 3 atom stereocenters. The van der Waals surface area contributed by atoms with Crippen LogP contribution in [0.5, 0.6) is 5.75 Å². The number of amides is 4. The van der Waals surface area contributed by atoms with Gasteiger partial charge in [0.15, 0.2) is 0 Å². The second kappa shape index (κ2) is 12.3. The van der Waals surface area contributed by atoms with Crippen molar-refractivity contribution in [3.05, 3.63) is 29.8 Å². The first-order chi connectivity index (χ1) is 18.5. The van der Waals surface area contributed by atoms with Crippen molar-refractivity contribution in [1.29, 1.82) is 0 Å². The number of rotatable bonds is 2. The van der Waals surface area contributed by atoms with E-state index in [0.29, 0.717) is 78.5 Å². The van der Waals surface area contributed by atoms with E-state index in [1.54, 1.807) is 14.7 Å². The molecular formula is C28H40N4O6. The van der Waals surface area contributed by atoms with Crippen molar-refractivity contribution < 1.29 is 29.0 Å². The number of piperidine rings is 1. The predicted octanol–water partition coefficient (Wildman–Crippen LogP) is 1.56. The summed E-state index contributed by atoms with van der Waals surface area (Å²) in [5.41, 5.74) is 0.885. The van der Waals surface area contributed by atoms with Gasteiger partial charge in [-0.15, -0.1) is 0 Å². The molecule has 38 heavy (non-hydrogen) atoms. The first kappa shape index (κ1) is 26.7. The summed E-state index contributed by atoms with van der Waals surface area (Å²) in [5, 5.41) is 9.85. The molecule has 1 aromatic carbocycles. The van der Waals surface area contributed by atoms with Crippen LogP contribution < -0.4 is 4.74 Å². The average Bonchev–Trinajstić information content (AvgIpc) is 3.38. The van der Waals surface area contributed by atoms with E-state index in [9.17, 15) is 19.5 Å². The zero-order valence-corrected chi connectivity index (χ0v) is 22.1. The molecule has 1 aromatic rings. The molecule has 3 fully saturated rings. The normalized spacial score (nSPS) is 27.1. The third-order valence-corrected chi connectivity index (χ3v) is 8.39. The Hall–Kier alpha value is -2.85. The molecule has 0 spiro atoms. The number of nitrogens with zero attached hydrogens (tertiary/aromatic N) is 4. The number of β-amino-alcohol motifs (C(OH)–C–C–N with tert-alkyl or cyclic N) is 1. The van der Waals surface area contributed by atoms with Crippen molar-refractivity contribution in [3.63, 3.8) is 0 Å². The highest BCUT2D eigenvalue weighted by Crippen LogP contribution is 2.32. The summed E-state index contributed by atoms with van der Waals surface area (Å²) in [6.07, 6.45) is 3.11. The highest BCUT2D eigenvalue weighted by Gasteiger charge is 2.36. The Morgan fingerprint density at radius 3 is 2.50 bits per heavy atom. The number of carbonyl (C=O) groups excluding carboxylic acids is 3. The number of fused-ring (bicyclic) bond motifs is 3. The van der Waals surface area contributed by atoms with Crippen LogP contribution in [0, 0.1) is 11.8 Å². The summed E-state index contributed by atoms with van der Waals surface area (Å²) in [4.78, 5) is 47.1. The van der Waals surface area contributed by atoms with E-state index in [1.165, 1.54) is 0 Å². The van der Waals surface area contributed by atoms with Crippen molar-refractivity contribution in [2.24, 2.45) is 11.8 Å². The number of morpholine rings is 1. The van der Waals surface area contributed by atoms with Gasteiger partial charge in [-0.3, -0.25) is 9.59 Å². The lowest BCUT2D eigenvalue weighted by atomic mass is 9.80. The third-order valence-electron chi connectivity index (χ3n) is 8.39. The average molecular weight is 529 g/mol. The van der Waals surface area contributed by atoms with E-state index in [0.717, 1.165) is 30.6 Å². The van der Waals surface area contributed by atoms with E-state index >= 15 is 0 Å². The Kier molecular flexibility index (Phi) is 8.68. The van der Waals surface area contributed by atoms with Gasteiger partial charge in [0.2, 0.25) is 11.8 Å². The quantitative estimate of drug-likeness (QED) is 0.625. The van der Waals surface area contributed by atoms with Gasteiger partial charge in [0.1, 0.15) is 12.3 Å². The Labute approximate surface area is 224 Å². The van der Waals surface area contributed by atoms with Crippen LogP contribution in [-0.2, 0) is 20.9 Å². The van der Waals surface area contributed by atoms with Gasteiger partial charge < -0.3 is 34.2 Å². The fourth-order valence-corrected chi connectivity index (χ4v) is 6.14. The Morgan fingerprint density at radius 1 is 0.895 bits per heavy atom. The summed E-state index contributed by atoms with van der Waals surface area (Å²) in [5.74, 6) is 1.16. The lowest BCUT2D eigenvalue weighted by molar-refractivity contribution is -0.136. The minimum atomic E-state index is -0.424. The number of hydrogen-bond acceptors (Lipinski definition) is 6. The van der Waals surface area contributed by atoms with Crippen molar-refractivity contribution in [3.8, 4) is 5.75 Å². The molecule has 4 aliphatic heterocycles. The largest absolute Gasteiger partial charge is 0.493 e. The molecule has 4 aliphatic rings. The van der Waals surface area contributed by atoms with Gasteiger partial charge in [-0.25, -0.2) is 4.79 Å². The van der Waals surface area contributed by atoms with E-state index in [1.807, 2.05) is 29.2 Å². The molecule has 3 saturated heterocycles. The van der Waals surface area contributed by atoms with Gasteiger partial charge in [0, 0.05) is 51.3 Å². The van der Waals surface area contributed by atoms with Gasteiger partial charge in [0.05, 0.1) is 32.5 Å². The van der Waals surface area contributed by atoms with Crippen LogP contribution >= 0.6 is 0 Å². The number of para-hydroxylation sites is 1.